The molecule has 1 unspecified atom stereocenters. The van der Waals surface area contributed by atoms with Gasteiger partial charge in [0, 0.05) is 12.6 Å². The van der Waals surface area contributed by atoms with Crippen molar-refractivity contribution in [1.29, 1.82) is 0 Å². The lowest BCUT2D eigenvalue weighted by atomic mass is 10.1. The second-order valence-corrected chi connectivity index (χ2v) is 5.97. The molecular weight excluding hydrogens is 282 g/mol. The van der Waals surface area contributed by atoms with Crippen LogP contribution in [0.1, 0.15) is 38.7 Å². The maximum absolute atomic E-state index is 12.4. The molecule has 1 aliphatic rings. The first-order valence-corrected chi connectivity index (χ1v) is 7.72. The number of hydrogen-bond acceptors (Lipinski definition) is 3. The van der Waals surface area contributed by atoms with E-state index in [4.69, 9.17) is 9.84 Å². The van der Waals surface area contributed by atoms with E-state index in [1.54, 1.807) is 4.90 Å². The van der Waals surface area contributed by atoms with E-state index < -0.39 is 5.97 Å². The zero-order chi connectivity index (χ0) is 16.1. The summed E-state index contributed by atoms with van der Waals surface area (Å²) in [4.78, 5) is 25.0. The van der Waals surface area contributed by atoms with Crippen molar-refractivity contribution in [3.05, 3.63) is 29.8 Å². The predicted octanol–water partition coefficient (Wildman–Crippen LogP) is 2.48. The van der Waals surface area contributed by atoms with Crippen molar-refractivity contribution >= 4 is 11.9 Å². The van der Waals surface area contributed by atoms with E-state index in [1.165, 1.54) is 0 Å². The fourth-order valence-electron chi connectivity index (χ4n) is 2.85. The highest BCUT2D eigenvalue weighted by Gasteiger charge is 2.30. The van der Waals surface area contributed by atoms with Gasteiger partial charge in [-0.15, -0.1) is 0 Å². The molecule has 1 heterocycles. The number of hydrogen-bond donors (Lipinski definition) is 1. The highest BCUT2D eigenvalue weighted by atomic mass is 16.5. The number of aliphatic carboxylic acids is 1. The first-order chi connectivity index (χ1) is 10.5. The van der Waals surface area contributed by atoms with Crippen molar-refractivity contribution in [2.24, 2.45) is 0 Å². The summed E-state index contributed by atoms with van der Waals surface area (Å²) >= 11 is 0. The third kappa shape index (κ3) is 4.48. The van der Waals surface area contributed by atoms with Gasteiger partial charge in [0.15, 0.2) is 0 Å². The fraction of sp³-hybridized carbons (Fsp3) is 0.529. The van der Waals surface area contributed by atoms with Gasteiger partial charge in [-0.2, -0.15) is 0 Å². The van der Waals surface area contributed by atoms with Crippen LogP contribution in [-0.2, 0) is 16.0 Å². The Balaban J connectivity index is 2.00. The van der Waals surface area contributed by atoms with E-state index in [0.29, 0.717) is 6.54 Å². The number of carboxylic acid groups (broad SMARTS) is 1. The monoisotopic (exact) mass is 305 g/mol. The number of amides is 1. The molecule has 1 saturated heterocycles. The number of carboxylic acids is 1. The van der Waals surface area contributed by atoms with Crippen LogP contribution in [0.2, 0.25) is 0 Å². The molecule has 22 heavy (non-hydrogen) atoms. The Morgan fingerprint density at radius 3 is 2.86 bits per heavy atom. The normalized spacial score (nSPS) is 17.8. The number of ether oxygens (including phenoxy) is 1. The zero-order valence-electron chi connectivity index (χ0n) is 13.1. The smallest absolute Gasteiger partial charge is 0.305 e. The molecule has 1 aliphatic heterocycles. The molecule has 1 fully saturated rings. The van der Waals surface area contributed by atoms with Gasteiger partial charge in [-0.1, -0.05) is 12.1 Å². The van der Waals surface area contributed by atoms with Crippen molar-refractivity contribution in [3.63, 3.8) is 0 Å². The van der Waals surface area contributed by atoms with Crippen LogP contribution in [0.15, 0.2) is 24.3 Å². The van der Waals surface area contributed by atoms with E-state index in [2.05, 4.69) is 0 Å². The Morgan fingerprint density at radius 2 is 2.18 bits per heavy atom. The second-order valence-electron chi connectivity index (χ2n) is 5.97. The summed E-state index contributed by atoms with van der Waals surface area (Å²) in [5.41, 5.74) is 0.893. The molecule has 1 aromatic rings. The van der Waals surface area contributed by atoms with Crippen LogP contribution < -0.4 is 4.74 Å². The van der Waals surface area contributed by atoms with Crippen LogP contribution in [-0.4, -0.2) is 40.6 Å². The first kappa shape index (κ1) is 16.3. The van der Waals surface area contributed by atoms with Crippen molar-refractivity contribution in [3.8, 4) is 5.75 Å². The van der Waals surface area contributed by atoms with Gasteiger partial charge >= 0.3 is 5.97 Å². The van der Waals surface area contributed by atoms with Gasteiger partial charge in [0.25, 0.3) is 0 Å². The molecular formula is C17H23NO4. The van der Waals surface area contributed by atoms with Crippen LogP contribution in [0, 0.1) is 0 Å². The van der Waals surface area contributed by atoms with E-state index in [-0.39, 0.29) is 30.9 Å². The lowest BCUT2D eigenvalue weighted by Crippen LogP contribution is -2.37. The molecule has 0 saturated carbocycles. The number of likely N-dealkylation sites (tertiary alicyclic amines) is 1. The van der Waals surface area contributed by atoms with Gasteiger partial charge in [0.2, 0.25) is 5.91 Å². The minimum atomic E-state index is -0.850. The highest BCUT2D eigenvalue weighted by Crippen LogP contribution is 2.22. The topological polar surface area (TPSA) is 66.8 Å². The van der Waals surface area contributed by atoms with Gasteiger partial charge in [-0.3, -0.25) is 9.59 Å². The van der Waals surface area contributed by atoms with E-state index in [1.807, 2.05) is 38.1 Å². The Labute approximate surface area is 130 Å². The van der Waals surface area contributed by atoms with Crippen LogP contribution in [0.5, 0.6) is 5.75 Å². The Hall–Kier alpha value is -2.04. The van der Waals surface area contributed by atoms with Gasteiger partial charge in [-0.05, 0) is 44.4 Å². The lowest BCUT2D eigenvalue weighted by molar-refractivity contribution is -0.139. The van der Waals surface area contributed by atoms with Crippen molar-refractivity contribution in [2.45, 2.75) is 51.7 Å². The summed E-state index contributed by atoms with van der Waals surface area (Å²) in [5, 5.41) is 8.93. The SMILES string of the molecule is CC(C)Oc1cccc(CC(=O)N2CCCC2CC(=O)O)c1. The maximum atomic E-state index is 12.4. The number of nitrogens with zero attached hydrogens (tertiary/aromatic N) is 1. The van der Waals surface area contributed by atoms with Gasteiger partial charge < -0.3 is 14.7 Å². The van der Waals surface area contributed by atoms with Crippen LogP contribution in [0.4, 0.5) is 0 Å². The summed E-state index contributed by atoms with van der Waals surface area (Å²) in [6, 6.07) is 7.35. The highest BCUT2D eigenvalue weighted by molar-refractivity contribution is 5.80. The zero-order valence-corrected chi connectivity index (χ0v) is 13.1. The van der Waals surface area contributed by atoms with Gasteiger partial charge in [0.1, 0.15) is 5.75 Å². The lowest BCUT2D eigenvalue weighted by Gasteiger charge is -2.23. The molecule has 5 nitrogen and oxygen atoms in total. The Kier molecular flexibility index (Phi) is 5.41. The second kappa shape index (κ2) is 7.29. The number of benzene rings is 1. The molecule has 0 aliphatic carbocycles. The Morgan fingerprint density at radius 1 is 1.41 bits per heavy atom. The fourth-order valence-corrected chi connectivity index (χ4v) is 2.85. The maximum Gasteiger partial charge on any atom is 0.305 e. The first-order valence-electron chi connectivity index (χ1n) is 7.72. The molecule has 120 valence electrons. The van der Waals surface area contributed by atoms with Crippen LogP contribution in [0.3, 0.4) is 0 Å². The summed E-state index contributed by atoms with van der Waals surface area (Å²) in [6.45, 7) is 4.57. The molecule has 2 rings (SSSR count). The summed E-state index contributed by atoms with van der Waals surface area (Å²) in [7, 11) is 0. The van der Waals surface area contributed by atoms with E-state index in [9.17, 15) is 9.59 Å². The quantitative estimate of drug-likeness (QED) is 0.877. The van der Waals surface area contributed by atoms with Gasteiger partial charge in [0.05, 0.1) is 18.9 Å². The van der Waals surface area contributed by atoms with Crippen molar-refractivity contribution in [1.82, 2.24) is 4.90 Å². The number of rotatable bonds is 6. The third-order valence-corrected chi connectivity index (χ3v) is 3.73. The molecule has 0 radical (unpaired) electrons. The average molecular weight is 305 g/mol. The van der Waals surface area contributed by atoms with Crippen molar-refractivity contribution < 1.29 is 19.4 Å². The standard InChI is InChI=1S/C17H23NO4/c1-12(2)22-15-7-3-5-13(9-15)10-16(19)18-8-4-6-14(18)11-17(20)21/h3,5,7,9,12,14H,4,6,8,10-11H2,1-2H3,(H,20,21). The average Bonchev–Trinajstić information content (AvgIpc) is 2.85. The molecule has 1 atom stereocenters. The minimum Gasteiger partial charge on any atom is -0.491 e. The minimum absolute atomic E-state index is 0.00885. The van der Waals surface area contributed by atoms with Crippen LogP contribution >= 0.6 is 0 Å². The molecule has 0 bridgehead atoms. The van der Waals surface area contributed by atoms with Crippen LogP contribution in [0.25, 0.3) is 0 Å². The van der Waals surface area contributed by atoms with E-state index in [0.717, 1.165) is 24.2 Å². The van der Waals surface area contributed by atoms with E-state index >= 15 is 0 Å². The summed E-state index contributed by atoms with van der Waals surface area (Å²) in [6.07, 6.45) is 2.05. The molecule has 0 aromatic heterocycles. The van der Waals surface area contributed by atoms with Crippen molar-refractivity contribution in [2.75, 3.05) is 6.54 Å². The number of carbonyl (C=O) groups is 2. The van der Waals surface area contributed by atoms with Gasteiger partial charge in [-0.25, -0.2) is 0 Å². The molecule has 1 N–H and O–H groups in total. The Bertz CT molecular complexity index is 541. The summed E-state index contributed by atoms with van der Waals surface area (Å²) in [5.74, 6) is -0.105. The number of carbonyl (C=O) groups excluding carboxylic acids is 1. The molecule has 1 aromatic carbocycles. The molecule has 1 amide bonds. The molecule has 5 heteroatoms. The molecule has 0 spiro atoms. The largest absolute Gasteiger partial charge is 0.491 e. The third-order valence-electron chi connectivity index (χ3n) is 3.73. The summed E-state index contributed by atoms with van der Waals surface area (Å²) < 4.78 is 5.63. The predicted molar refractivity (Wildman–Crippen MR) is 82.9 cm³/mol.